The molecule has 1 amide bonds. The lowest BCUT2D eigenvalue weighted by atomic mass is 10.0. The molecule has 21 heavy (non-hydrogen) atoms. The van der Waals surface area contributed by atoms with Crippen LogP contribution in [0.3, 0.4) is 0 Å². The first-order valence-corrected chi connectivity index (χ1v) is 7.60. The van der Waals surface area contributed by atoms with Crippen LogP contribution in [0.2, 0.25) is 0 Å². The van der Waals surface area contributed by atoms with Gasteiger partial charge in [-0.3, -0.25) is 4.79 Å². The average Bonchev–Trinajstić information content (AvgIpc) is 2.49. The molecule has 0 aliphatic heterocycles. The van der Waals surface area contributed by atoms with Gasteiger partial charge in [0.05, 0.1) is 6.42 Å². The Morgan fingerprint density at radius 3 is 2.05 bits per heavy atom. The number of aryl methyl sites for hydroxylation is 3. The van der Waals surface area contributed by atoms with Crippen LogP contribution in [0.25, 0.3) is 0 Å². The Hall–Kier alpha value is -2.09. The second kappa shape index (κ2) is 7.07. The minimum Gasteiger partial charge on any atom is -0.325 e. The van der Waals surface area contributed by atoms with Gasteiger partial charge in [0.1, 0.15) is 0 Å². The average molecular weight is 281 g/mol. The van der Waals surface area contributed by atoms with E-state index in [4.69, 9.17) is 0 Å². The van der Waals surface area contributed by atoms with Crippen molar-refractivity contribution in [2.45, 2.75) is 40.0 Å². The molecule has 2 aromatic rings. The monoisotopic (exact) mass is 281 g/mol. The number of nitrogens with one attached hydrogen (secondary N) is 1. The minimum absolute atomic E-state index is 0.0504. The molecule has 2 aromatic carbocycles. The second-order valence-electron chi connectivity index (χ2n) is 5.37. The Kier molecular flexibility index (Phi) is 5.15. The fourth-order valence-electron chi connectivity index (χ4n) is 2.48. The van der Waals surface area contributed by atoms with Gasteiger partial charge < -0.3 is 5.32 Å². The second-order valence-corrected chi connectivity index (χ2v) is 5.37. The van der Waals surface area contributed by atoms with Crippen LogP contribution in [0.4, 0.5) is 5.69 Å². The highest BCUT2D eigenvalue weighted by Gasteiger charge is 2.10. The predicted molar refractivity (Wildman–Crippen MR) is 88.7 cm³/mol. The van der Waals surface area contributed by atoms with E-state index in [2.05, 4.69) is 44.3 Å². The van der Waals surface area contributed by atoms with Crippen molar-refractivity contribution < 1.29 is 4.79 Å². The number of hydrogen-bond acceptors (Lipinski definition) is 1. The van der Waals surface area contributed by atoms with Crippen molar-refractivity contribution >= 4 is 11.6 Å². The third-order valence-electron chi connectivity index (χ3n) is 3.75. The van der Waals surface area contributed by atoms with Crippen molar-refractivity contribution in [1.29, 1.82) is 0 Å². The first-order valence-electron chi connectivity index (χ1n) is 7.60. The summed E-state index contributed by atoms with van der Waals surface area (Å²) in [5, 5.41) is 3.11. The molecule has 0 saturated carbocycles. The highest BCUT2D eigenvalue weighted by atomic mass is 16.1. The molecule has 0 heterocycles. The summed E-state index contributed by atoms with van der Waals surface area (Å²) in [6.07, 6.45) is 2.27. The molecule has 0 aromatic heterocycles. The van der Waals surface area contributed by atoms with Gasteiger partial charge >= 0.3 is 0 Å². The normalized spacial score (nSPS) is 10.4. The van der Waals surface area contributed by atoms with Crippen molar-refractivity contribution in [3.8, 4) is 0 Å². The lowest BCUT2D eigenvalue weighted by Gasteiger charge is -2.14. The molecule has 0 saturated heterocycles. The molecule has 2 nitrogen and oxygen atoms in total. The van der Waals surface area contributed by atoms with Gasteiger partial charge in [-0.25, -0.2) is 0 Å². The summed E-state index contributed by atoms with van der Waals surface area (Å²) in [7, 11) is 0. The first-order chi connectivity index (χ1) is 10.1. The predicted octanol–water partition coefficient (Wildman–Crippen LogP) is 4.30. The summed E-state index contributed by atoms with van der Waals surface area (Å²) in [5.74, 6) is 0.0504. The van der Waals surface area contributed by atoms with E-state index in [1.54, 1.807) is 0 Å². The first kappa shape index (κ1) is 15.3. The van der Waals surface area contributed by atoms with E-state index in [1.807, 2.05) is 24.3 Å². The van der Waals surface area contributed by atoms with Crippen molar-refractivity contribution in [2.24, 2.45) is 0 Å². The zero-order chi connectivity index (χ0) is 15.2. The number of carbonyl (C=O) groups is 1. The minimum atomic E-state index is 0.0504. The van der Waals surface area contributed by atoms with Gasteiger partial charge in [-0.15, -0.1) is 0 Å². The van der Waals surface area contributed by atoms with Crippen LogP contribution in [0.15, 0.2) is 42.5 Å². The third-order valence-corrected chi connectivity index (χ3v) is 3.75. The highest BCUT2D eigenvalue weighted by Crippen LogP contribution is 2.22. The lowest BCUT2D eigenvalue weighted by Crippen LogP contribution is -2.17. The molecule has 0 unspecified atom stereocenters. The van der Waals surface area contributed by atoms with Crippen LogP contribution in [0.5, 0.6) is 0 Å². The van der Waals surface area contributed by atoms with E-state index >= 15 is 0 Å². The number of benzene rings is 2. The van der Waals surface area contributed by atoms with Crippen molar-refractivity contribution in [3.05, 3.63) is 64.7 Å². The highest BCUT2D eigenvalue weighted by molar-refractivity contribution is 5.93. The van der Waals surface area contributed by atoms with Crippen LogP contribution < -0.4 is 5.32 Å². The molecular formula is C19H23NO. The molecule has 0 bridgehead atoms. The lowest BCUT2D eigenvalue weighted by molar-refractivity contribution is -0.115. The summed E-state index contributed by atoms with van der Waals surface area (Å²) >= 11 is 0. The molecule has 0 atom stereocenters. The van der Waals surface area contributed by atoms with Gasteiger partial charge in [-0.2, -0.15) is 0 Å². The van der Waals surface area contributed by atoms with E-state index in [9.17, 15) is 4.79 Å². The molecule has 0 radical (unpaired) electrons. The number of anilines is 1. The largest absolute Gasteiger partial charge is 0.325 e. The summed E-state index contributed by atoms with van der Waals surface area (Å²) < 4.78 is 0. The van der Waals surface area contributed by atoms with Crippen LogP contribution in [-0.4, -0.2) is 5.91 Å². The number of amides is 1. The van der Waals surface area contributed by atoms with E-state index in [0.29, 0.717) is 6.42 Å². The zero-order valence-corrected chi connectivity index (χ0v) is 13.1. The van der Waals surface area contributed by atoms with Gasteiger partial charge in [-0.1, -0.05) is 61.9 Å². The van der Waals surface area contributed by atoms with Crippen molar-refractivity contribution in [3.63, 3.8) is 0 Å². The summed E-state index contributed by atoms with van der Waals surface area (Å²) in [4.78, 5) is 12.3. The fraction of sp³-hybridized carbons (Fsp3) is 0.316. The summed E-state index contributed by atoms with van der Waals surface area (Å²) in [5.41, 5.74) is 5.66. The van der Waals surface area contributed by atoms with Crippen molar-refractivity contribution in [2.75, 3.05) is 5.32 Å². The number of carbonyl (C=O) groups excluding carboxylic acids is 1. The van der Waals surface area contributed by atoms with Gasteiger partial charge in [0.25, 0.3) is 0 Å². The number of para-hydroxylation sites is 1. The Bertz CT molecular complexity index is 592. The summed E-state index contributed by atoms with van der Waals surface area (Å²) in [6, 6.07) is 14.3. The molecule has 0 aliphatic rings. The molecule has 2 heteroatoms. The van der Waals surface area contributed by atoms with Gasteiger partial charge in [0.2, 0.25) is 5.91 Å². The SMILES string of the molecule is CCc1cccc(CC)c1NC(=O)Cc1ccc(C)cc1. The molecule has 0 fully saturated rings. The van der Waals surface area contributed by atoms with E-state index in [-0.39, 0.29) is 5.91 Å². The Morgan fingerprint density at radius 2 is 1.52 bits per heavy atom. The number of hydrogen-bond donors (Lipinski definition) is 1. The maximum Gasteiger partial charge on any atom is 0.228 e. The molecule has 2 rings (SSSR count). The Balaban J connectivity index is 2.14. The van der Waals surface area contributed by atoms with E-state index in [1.165, 1.54) is 16.7 Å². The maximum absolute atomic E-state index is 12.3. The molecule has 0 spiro atoms. The molecule has 0 aliphatic carbocycles. The van der Waals surface area contributed by atoms with Gasteiger partial charge in [0, 0.05) is 5.69 Å². The van der Waals surface area contributed by atoms with Gasteiger partial charge in [0.15, 0.2) is 0 Å². The number of rotatable bonds is 5. The quantitative estimate of drug-likeness (QED) is 0.869. The van der Waals surface area contributed by atoms with Crippen LogP contribution >= 0.6 is 0 Å². The smallest absolute Gasteiger partial charge is 0.228 e. The van der Waals surface area contributed by atoms with Crippen LogP contribution in [-0.2, 0) is 24.1 Å². The zero-order valence-electron chi connectivity index (χ0n) is 13.1. The summed E-state index contributed by atoms with van der Waals surface area (Å²) in [6.45, 7) is 6.28. The van der Waals surface area contributed by atoms with E-state index in [0.717, 1.165) is 24.1 Å². The van der Waals surface area contributed by atoms with Crippen LogP contribution in [0.1, 0.15) is 36.1 Å². The Labute approximate surface area is 127 Å². The molecular weight excluding hydrogens is 258 g/mol. The molecule has 110 valence electrons. The fourth-order valence-corrected chi connectivity index (χ4v) is 2.48. The standard InChI is InChI=1S/C19H23NO/c1-4-16-7-6-8-17(5-2)19(16)20-18(21)13-15-11-9-14(3)10-12-15/h6-12H,4-5,13H2,1-3H3,(H,20,21). The van der Waals surface area contributed by atoms with Gasteiger partial charge in [-0.05, 0) is 36.5 Å². The topological polar surface area (TPSA) is 29.1 Å². The Morgan fingerprint density at radius 1 is 0.952 bits per heavy atom. The van der Waals surface area contributed by atoms with Crippen LogP contribution in [0, 0.1) is 6.92 Å². The van der Waals surface area contributed by atoms with Crippen molar-refractivity contribution in [1.82, 2.24) is 0 Å². The molecule has 1 N–H and O–H groups in total. The maximum atomic E-state index is 12.3. The van der Waals surface area contributed by atoms with E-state index < -0.39 is 0 Å². The third kappa shape index (κ3) is 3.94.